The summed E-state index contributed by atoms with van der Waals surface area (Å²) in [5.41, 5.74) is 2.14. The Kier molecular flexibility index (Phi) is 2.81. The summed E-state index contributed by atoms with van der Waals surface area (Å²) in [5, 5.41) is 3.60. The molecule has 1 N–H and O–H groups in total. The zero-order valence-corrected chi connectivity index (χ0v) is 10.2. The Balaban J connectivity index is 1.78. The van der Waals surface area contributed by atoms with Crippen molar-refractivity contribution in [3.8, 4) is 0 Å². The maximum absolute atomic E-state index is 4.61. The van der Waals surface area contributed by atoms with Gasteiger partial charge in [-0.2, -0.15) is 0 Å². The predicted molar refractivity (Wildman–Crippen MR) is 67.6 cm³/mol. The Morgan fingerprint density at radius 3 is 3.00 bits per heavy atom. The van der Waals surface area contributed by atoms with Crippen molar-refractivity contribution in [1.82, 2.24) is 19.9 Å². The Bertz CT molecular complexity index is 511. The largest absolute Gasteiger partial charge is 0.330 e. The quantitative estimate of drug-likeness (QED) is 0.877. The van der Waals surface area contributed by atoms with E-state index in [0.717, 1.165) is 23.4 Å². The lowest BCUT2D eigenvalue weighted by molar-refractivity contribution is 0.508. The van der Waals surface area contributed by atoms with Crippen molar-refractivity contribution in [2.24, 2.45) is 7.05 Å². The maximum atomic E-state index is 4.61. The van der Waals surface area contributed by atoms with Gasteiger partial charge in [0.15, 0.2) is 0 Å². The van der Waals surface area contributed by atoms with Crippen LogP contribution in [0.5, 0.6) is 0 Å². The van der Waals surface area contributed by atoms with Gasteiger partial charge in [-0.3, -0.25) is 4.98 Å². The monoisotopic (exact) mass is 230 g/mol. The first-order valence-electron chi connectivity index (χ1n) is 6.33. The van der Waals surface area contributed by atoms with Crippen LogP contribution in [0, 0.1) is 0 Å². The van der Waals surface area contributed by atoms with Crippen molar-refractivity contribution in [2.45, 2.75) is 38.3 Å². The molecule has 0 bridgehead atoms. The normalized spacial score (nSPS) is 17.0. The van der Waals surface area contributed by atoms with Crippen molar-refractivity contribution in [1.29, 1.82) is 0 Å². The minimum atomic E-state index is 0.688. The van der Waals surface area contributed by atoms with Gasteiger partial charge in [0.25, 0.3) is 0 Å². The number of aromatic nitrogens is 3. The van der Waals surface area contributed by atoms with E-state index in [1.165, 1.54) is 25.7 Å². The third-order valence-corrected chi connectivity index (χ3v) is 3.68. The van der Waals surface area contributed by atoms with E-state index in [1.54, 1.807) is 0 Å². The van der Waals surface area contributed by atoms with E-state index in [0.29, 0.717) is 6.04 Å². The number of aryl methyl sites for hydroxylation is 1. The number of imidazole rings is 1. The fourth-order valence-corrected chi connectivity index (χ4v) is 2.63. The predicted octanol–water partition coefficient (Wildman–Crippen LogP) is 2.00. The van der Waals surface area contributed by atoms with Crippen LogP contribution in [-0.4, -0.2) is 20.6 Å². The molecule has 4 nitrogen and oxygen atoms in total. The summed E-state index contributed by atoms with van der Waals surface area (Å²) in [6, 6.07) is 2.70. The third-order valence-electron chi connectivity index (χ3n) is 3.68. The summed E-state index contributed by atoms with van der Waals surface area (Å²) in [7, 11) is 2.07. The molecule has 4 heteroatoms. The zero-order valence-electron chi connectivity index (χ0n) is 10.2. The highest BCUT2D eigenvalue weighted by atomic mass is 15.1. The molecule has 0 spiro atoms. The molecule has 0 aliphatic heterocycles. The second kappa shape index (κ2) is 4.45. The van der Waals surface area contributed by atoms with Crippen LogP contribution in [0.15, 0.2) is 18.5 Å². The highest BCUT2D eigenvalue weighted by molar-refractivity contribution is 5.74. The van der Waals surface area contributed by atoms with Crippen molar-refractivity contribution in [3.05, 3.63) is 24.3 Å². The van der Waals surface area contributed by atoms with Gasteiger partial charge in [-0.1, -0.05) is 12.8 Å². The van der Waals surface area contributed by atoms with Gasteiger partial charge in [-0.05, 0) is 18.9 Å². The molecule has 1 fully saturated rings. The standard InChI is InChI=1S/C13H18N4/c1-17-12-6-7-14-8-11(12)16-13(17)9-15-10-4-2-3-5-10/h6-8,10,15H,2-5,9H2,1H3. The van der Waals surface area contributed by atoms with E-state index in [-0.39, 0.29) is 0 Å². The average Bonchev–Trinajstić information content (AvgIpc) is 2.96. The molecule has 2 heterocycles. The number of fused-ring (bicyclic) bond motifs is 1. The maximum Gasteiger partial charge on any atom is 0.123 e. The number of hydrogen-bond donors (Lipinski definition) is 1. The second-order valence-corrected chi connectivity index (χ2v) is 4.81. The molecule has 0 atom stereocenters. The molecule has 90 valence electrons. The van der Waals surface area contributed by atoms with E-state index in [1.807, 2.05) is 18.5 Å². The van der Waals surface area contributed by atoms with E-state index in [4.69, 9.17) is 0 Å². The van der Waals surface area contributed by atoms with Crippen molar-refractivity contribution < 1.29 is 0 Å². The fraction of sp³-hybridized carbons (Fsp3) is 0.538. The summed E-state index contributed by atoms with van der Waals surface area (Å²) in [6.07, 6.45) is 9.00. The van der Waals surface area contributed by atoms with Crippen LogP contribution >= 0.6 is 0 Å². The van der Waals surface area contributed by atoms with E-state index < -0.39 is 0 Å². The topological polar surface area (TPSA) is 42.7 Å². The van der Waals surface area contributed by atoms with Gasteiger partial charge in [-0.15, -0.1) is 0 Å². The number of nitrogens with zero attached hydrogens (tertiary/aromatic N) is 3. The third kappa shape index (κ3) is 2.05. The lowest BCUT2D eigenvalue weighted by atomic mass is 10.2. The zero-order chi connectivity index (χ0) is 11.7. The summed E-state index contributed by atoms with van der Waals surface area (Å²) >= 11 is 0. The molecular weight excluding hydrogens is 212 g/mol. The minimum absolute atomic E-state index is 0.688. The van der Waals surface area contributed by atoms with Crippen LogP contribution in [-0.2, 0) is 13.6 Å². The minimum Gasteiger partial charge on any atom is -0.330 e. The van der Waals surface area contributed by atoms with Gasteiger partial charge >= 0.3 is 0 Å². The molecular formula is C13H18N4. The van der Waals surface area contributed by atoms with Gasteiger partial charge in [0, 0.05) is 19.3 Å². The Morgan fingerprint density at radius 2 is 2.24 bits per heavy atom. The van der Waals surface area contributed by atoms with Crippen LogP contribution in [0.2, 0.25) is 0 Å². The molecule has 3 rings (SSSR count). The fourth-order valence-electron chi connectivity index (χ4n) is 2.63. The second-order valence-electron chi connectivity index (χ2n) is 4.81. The molecule has 2 aromatic heterocycles. The lowest BCUT2D eigenvalue weighted by Gasteiger charge is -2.11. The van der Waals surface area contributed by atoms with Crippen molar-refractivity contribution in [2.75, 3.05) is 0 Å². The van der Waals surface area contributed by atoms with Crippen LogP contribution in [0.25, 0.3) is 11.0 Å². The van der Waals surface area contributed by atoms with E-state index in [2.05, 4.69) is 26.9 Å². The summed E-state index contributed by atoms with van der Waals surface area (Å²) in [5.74, 6) is 1.10. The first kappa shape index (κ1) is 10.7. The van der Waals surface area contributed by atoms with Crippen LogP contribution in [0.4, 0.5) is 0 Å². The Labute approximate surface area is 101 Å². The van der Waals surface area contributed by atoms with Crippen molar-refractivity contribution in [3.63, 3.8) is 0 Å². The molecule has 1 aliphatic carbocycles. The van der Waals surface area contributed by atoms with Crippen molar-refractivity contribution >= 4 is 11.0 Å². The highest BCUT2D eigenvalue weighted by Gasteiger charge is 2.15. The van der Waals surface area contributed by atoms with Gasteiger partial charge in [-0.25, -0.2) is 4.98 Å². The molecule has 0 unspecified atom stereocenters. The summed E-state index contributed by atoms with van der Waals surface area (Å²) in [6.45, 7) is 0.857. The van der Waals surface area contributed by atoms with Gasteiger partial charge in [0.05, 0.1) is 18.3 Å². The van der Waals surface area contributed by atoms with Crippen LogP contribution < -0.4 is 5.32 Å². The smallest absolute Gasteiger partial charge is 0.123 e. The molecule has 1 saturated carbocycles. The first-order valence-corrected chi connectivity index (χ1v) is 6.33. The molecule has 17 heavy (non-hydrogen) atoms. The molecule has 0 radical (unpaired) electrons. The number of rotatable bonds is 3. The van der Waals surface area contributed by atoms with Crippen LogP contribution in [0.3, 0.4) is 0 Å². The van der Waals surface area contributed by atoms with E-state index in [9.17, 15) is 0 Å². The molecule has 1 aliphatic rings. The Hall–Kier alpha value is -1.42. The lowest BCUT2D eigenvalue weighted by Crippen LogP contribution is -2.26. The molecule has 0 amide bonds. The summed E-state index contributed by atoms with van der Waals surface area (Å²) in [4.78, 5) is 8.72. The number of nitrogens with one attached hydrogen (secondary N) is 1. The average molecular weight is 230 g/mol. The van der Waals surface area contributed by atoms with Crippen LogP contribution in [0.1, 0.15) is 31.5 Å². The van der Waals surface area contributed by atoms with Gasteiger partial charge < -0.3 is 9.88 Å². The first-order chi connectivity index (χ1) is 8.34. The van der Waals surface area contributed by atoms with Gasteiger partial charge in [0.2, 0.25) is 0 Å². The molecule has 0 aromatic carbocycles. The van der Waals surface area contributed by atoms with E-state index >= 15 is 0 Å². The number of pyridine rings is 1. The highest BCUT2D eigenvalue weighted by Crippen LogP contribution is 2.18. The van der Waals surface area contributed by atoms with Gasteiger partial charge in [0.1, 0.15) is 11.3 Å². The Morgan fingerprint density at radius 1 is 1.41 bits per heavy atom. The number of hydrogen-bond acceptors (Lipinski definition) is 3. The summed E-state index contributed by atoms with van der Waals surface area (Å²) < 4.78 is 2.15. The molecule has 0 saturated heterocycles. The SMILES string of the molecule is Cn1c(CNC2CCCC2)nc2cnccc21. The molecule has 2 aromatic rings.